The van der Waals surface area contributed by atoms with E-state index in [1.54, 1.807) is 25.1 Å². The van der Waals surface area contributed by atoms with Crippen LogP contribution in [0.4, 0.5) is 13.2 Å². The molecule has 0 bridgehead atoms. The van der Waals surface area contributed by atoms with Gasteiger partial charge in [0.1, 0.15) is 0 Å². The molecule has 0 amide bonds. The van der Waals surface area contributed by atoms with Gasteiger partial charge in [-0.25, -0.2) is 8.42 Å². The first-order valence-electron chi connectivity index (χ1n) is 40.5. The van der Waals surface area contributed by atoms with Crippen molar-refractivity contribution >= 4 is 92.4 Å². The molecule has 0 aliphatic heterocycles. The van der Waals surface area contributed by atoms with Crippen LogP contribution in [0.3, 0.4) is 0 Å². The number of sulfone groups is 1. The predicted octanol–water partition coefficient (Wildman–Crippen LogP) is 35.5. The van der Waals surface area contributed by atoms with Gasteiger partial charge in [0.15, 0.2) is 9.84 Å². The molecule has 0 aliphatic carbocycles. The smallest absolute Gasteiger partial charge is 0.224 e. The molecule has 0 fully saturated rings. The molecule has 0 atom stereocenters. The van der Waals surface area contributed by atoms with Gasteiger partial charge >= 0.3 is 6.18 Å². The molecule has 0 N–H and O–H groups in total. The van der Waals surface area contributed by atoms with Crippen LogP contribution >= 0.6 is 82.6 Å². The zero-order valence-electron chi connectivity index (χ0n) is 79.5. The van der Waals surface area contributed by atoms with Gasteiger partial charge in [0.2, 0.25) is 0 Å². The van der Waals surface area contributed by atoms with Crippen LogP contribution < -0.4 is 0 Å². The summed E-state index contributed by atoms with van der Waals surface area (Å²) in [6.07, 6.45) is -3.10. The van der Waals surface area contributed by atoms with Crippen LogP contribution in [0.25, 0.3) is 0 Å². The van der Waals surface area contributed by atoms with E-state index in [2.05, 4.69) is 386 Å². The molecule has 0 heterocycles. The Bertz CT molecular complexity index is 4460. The molecular weight excluding hydrogens is 1730 g/mol. The first kappa shape index (κ1) is 110. The van der Waals surface area contributed by atoms with E-state index in [1.807, 2.05) is 46.8 Å². The second-order valence-corrected chi connectivity index (χ2v) is 47.0. The third-order valence-corrected chi connectivity index (χ3v) is 23.1. The van der Waals surface area contributed by atoms with Crippen molar-refractivity contribution in [1.29, 1.82) is 0 Å². The lowest BCUT2D eigenvalue weighted by Crippen LogP contribution is -2.15. The maximum Gasteiger partial charge on any atom is 0.416 e. The van der Waals surface area contributed by atoms with Crippen molar-refractivity contribution in [2.45, 2.75) is 337 Å². The summed E-state index contributed by atoms with van der Waals surface area (Å²) < 4.78 is 63.9. The molecule has 117 heavy (non-hydrogen) atoms. The van der Waals surface area contributed by atoms with Gasteiger partial charge in [-0.3, -0.25) is 0 Å². The van der Waals surface area contributed by atoms with Gasteiger partial charge in [0.25, 0.3) is 0 Å². The number of aryl methyl sites for hydroxylation is 13. The van der Waals surface area contributed by atoms with Crippen molar-refractivity contribution in [3.63, 3.8) is 0 Å². The van der Waals surface area contributed by atoms with Crippen molar-refractivity contribution in [1.82, 2.24) is 0 Å². The van der Waals surface area contributed by atoms with Gasteiger partial charge in [0, 0.05) is 34.7 Å². The molecule has 0 aromatic heterocycles. The largest absolute Gasteiger partial charge is 0.416 e. The van der Waals surface area contributed by atoms with E-state index in [9.17, 15) is 21.6 Å². The van der Waals surface area contributed by atoms with E-state index in [-0.39, 0.29) is 53.8 Å². The molecule has 2 nitrogen and oxygen atoms in total. The van der Waals surface area contributed by atoms with Crippen molar-refractivity contribution in [3.8, 4) is 0 Å². The molecule has 0 radical (unpaired) electrons. The predicted molar refractivity (Wildman–Crippen MR) is 524 cm³/mol. The summed E-state index contributed by atoms with van der Waals surface area (Å²) in [6.45, 7) is 86.2. The number of benzene rings is 9. The second kappa shape index (κ2) is 43.9. The Kier molecular flexibility index (Phi) is 41.3. The topological polar surface area (TPSA) is 34.1 Å². The summed E-state index contributed by atoms with van der Waals surface area (Å²) in [6, 6.07) is 48.7. The summed E-state index contributed by atoms with van der Waals surface area (Å²) in [4.78, 5) is 0.401. The Morgan fingerprint density at radius 2 is 0.564 bits per heavy atom. The third kappa shape index (κ3) is 38.1. The monoisotopic (exact) mass is 1870 g/mol. The van der Waals surface area contributed by atoms with E-state index >= 15 is 0 Å². The zero-order valence-corrected chi connectivity index (χ0v) is 87.3. The molecule has 0 spiro atoms. The fraction of sp³-hybridized carbons (Fsp3) is 0.486. The van der Waals surface area contributed by atoms with Crippen LogP contribution in [0.1, 0.15) is 315 Å². The first-order valence-corrected chi connectivity index (χ1v) is 45.9. The van der Waals surface area contributed by atoms with E-state index < -0.39 is 21.6 Å². The highest BCUT2D eigenvalue weighted by Gasteiger charge is 2.33. The molecule has 648 valence electrons. The van der Waals surface area contributed by atoms with Crippen LogP contribution in [0.15, 0.2) is 164 Å². The maximum atomic E-state index is 12.5. The number of alkyl halides is 3. The Hall–Kier alpha value is -4.97. The van der Waals surface area contributed by atoms with Crippen molar-refractivity contribution in [2.24, 2.45) is 0 Å². The standard InChI is InChI=1S/C12H14ClF3.C12H18O2S.4C12H18.C11H14Br2.C11H15Br.C11H14Cl2/c1-7-5-8(12(14,15)16)6-9(13)10(7)11(2,3)4;1-9-6-7-10(15(5,13)14)8-11(9)12(2,3)4;1-9-6-10(2)8-11(7-9)12(3,4)5;3*1-9-6-7-10(2)11(8-9)12(3,4)5;1-7-5-8(12)6-9(13)10(7)11(2,3)4;1-8-5-6-10(12)9(7-8)11(2,3)4;1-7-5-8(12)6-9(13)10(7)11(2,3)4/h5-6H,1-4H3;6-8H,1-5H3;4*6-8H,1-5H3;5-6H,1-4H3;5-7H,1-4H3;5-6H,1-4H3. The minimum Gasteiger partial charge on any atom is -0.224 e. The lowest BCUT2D eigenvalue weighted by atomic mass is 9.83. The summed E-state index contributed by atoms with van der Waals surface area (Å²) >= 11 is 28.6. The number of halogens is 9. The van der Waals surface area contributed by atoms with E-state index in [0.717, 1.165) is 43.9 Å². The molecular formula is C105H147Br3Cl3F3O2S. The van der Waals surface area contributed by atoms with E-state index in [1.165, 1.54) is 110 Å². The summed E-state index contributed by atoms with van der Waals surface area (Å²) in [5.74, 6) is 0. The quantitative estimate of drug-likeness (QED) is 0.164. The molecule has 0 aliphatic rings. The highest BCUT2D eigenvalue weighted by molar-refractivity contribution is 9.11. The Labute approximate surface area is 752 Å². The maximum absolute atomic E-state index is 12.5. The highest BCUT2D eigenvalue weighted by atomic mass is 79.9. The van der Waals surface area contributed by atoms with E-state index in [4.69, 9.17) is 34.8 Å². The van der Waals surface area contributed by atoms with Crippen LogP contribution in [0, 0.1) is 90.0 Å². The fourth-order valence-electron chi connectivity index (χ4n) is 14.1. The summed E-state index contributed by atoms with van der Waals surface area (Å²) in [5.41, 5.74) is 28.7. The summed E-state index contributed by atoms with van der Waals surface area (Å²) in [5, 5.41) is 1.65. The molecule has 9 aromatic rings. The molecule has 12 heteroatoms. The van der Waals surface area contributed by atoms with Gasteiger partial charge in [-0.2, -0.15) is 13.2 Å². The number of hydrogen-bond donors (Lipinski definition) is 0. The van der Waals surface area contributed by atoms with Crippen molar-refractivity contribution in [2.75, 3.05) is 6.26 Å². The molecule has 9 aromatic carbocycles. The normalized spacial score (nSPS) is 12.1. The average Bonchev–Trinajstić information content (AvgIpc) is 0.793. The van der Waals surface area contributed by atoms with E-state index in [0.29, 0.717) is 15.5 Å². The van der Waals surface area contributed by atoms with Gasteiger partial charge in [-0.1, -0.05) is 394 Å². The van der Waals surface area contributed by atoms with Crippen LogP contribution in [-0.2, 0) is 64.7 Å². The Morgan fingerprint density at radius 3 is 0.838 bits per heavy atom. The Balaban J connectivity index is 0.000000659. The van der Waals surface area contributed by atoms with Crippen LogP contribution in [-0.4, -0.2) is 14.7 Å². The third-order valence-electron chi connectivity index (χ3n) is 19.4. The van der Waals surface area contributed by atoms with Gasteiger partial charge < -0.3 is 0 Å². The number of hydrogen-bond acceptors (Lipinski definition) is 2. The molecule has 0 saturated carbocycles. The van der Waals surface area contributed by atoms with Gasteiger partial charge in [-0.05, 0) is 282 Å². The van der Waals surface area contributed by atoms with Gasteiger partial charge in [-0.15, -0.1) is 0 Å². The molecule has 0 unspecified atom stereocenters. The highest BCUT2D eigenvalue weighted by Crippen LogP contribution is 2.41. The molecule has 9 rings (SSSR count). The minimum atomic E-state index is -4.34. The average molecular weight is 1880 g/mol. The fourth-order valence-corrected chi connectivity index (χ4v) is 19.0. The number of rotatable bonds is 1. The SMILES string of the molecule is Cc1cc(Br)cc(Br)c1C(C)(C)C.Cc1cc(C(F)(F)F)cc(Cl)c1C(C)(C)C.Cc1cc(C)cc(C(C)(C)C)c1.Cc1cc(Cl)cc(Cl)c1C(C)(C)C.Cc1ccc(Br)c(C(C)(C)C)c1.Cc1ccc(C)c(C(C)(C)C)c1.Cc1ccc(C)c(C(C)(C)C)c1.Cc1ccc(C)c(C(C)(C)C)c1.Cc1ccc(S(C)(=O)=O)cc1C(C)(C)C. The van der Waals surface area contributed by atoms with Crippen LogP contribution in [0.2, 0.25) is 15.1 Å². The first-order chi connectivity index (χ1) is 52.3. The lowest BCUT2D eigenvalue weighted by molar-refractivity contribution is -0.137. The zero-order chi connectivity index (χ0) is 91.8. The minimum absolute atomic E-state index is 0.0230. The van der Waals surface area contributed by atoms with Gasteiger partial charge in [0.05, 0.1) is 10.5 Å². The Morgan fingerprint density at radius 1 is 0.265 bits per heavy atom. The second-order valence-electron chi connectivity index (χ2n) is 41.1. The molecule has 0 saturated heterocycles. The van der Waals surface area contributed by atoms with Crippen molar-refractivity contribution < 1.29 is 21.6 Å². The lowest BCUT2D eigenvalue weighted by Gasteiger charge is -2.24. The van der Waals surface area contributed by atoms with Crippen molar-refractivity contribution in [3.05, 3.63) is 302 Å². The van der Waals surface area contributed by atoms with Crippen LogP contribution in [0.5, 0.6) is 0 Å². The summed E-state index contributed by atoms with van der Waals surface area (Å²) in [7, 11) is -3.10.